The van der Waals surface area contributed by atoms with Crippen molar-refractivity contribution >= 4 is 72.6 Å². The van der Waals surface area contributed by atoms with Gasteiger partial charge in [-0.2, -0.15) is 5.48 Å². The van der Waals surface area contributed by atoms with Crippen LogP contribution in [0.4, 0.5) is 11.4 Å². The molecule has 0 saturated carbocycles. The van der Waals surface area contributed by atoms with Crippen LogP contribution in [0.5, 0.6) is 5.75 Å². The van der Waals surface area contributed by atoms with E-state index in [-0.39, 0.29) is 21.9 Å². The summed E-state index contributed by atoms with van der Waals surface area (Å²) in [6.07, 6.45) is 0. The van der Waals surface area contributed by atoms with E-state index < -0.39 is 17.7 Å². The predicted molar refractivity (Wildman–Crippen MR) is 140 cm³/mol. The Morgan fingerprint density at radius 2 is 1.15 bits per heavy atom. The second kappa shape index (κ2) is 11.0. The Kier molecular flexibility index (Phi) is 8.35. The highest BCUT2D eigenvalue weighted by molar-refractivity contribution is 9.10. The molecule has 3 N–H and O–H groups in total. The standard InChI is InChI=1S/C24H20Br2ClN3O4/c1-12-19(23(32)28-17-8-4-15(25)5-9-17)22(34-30-14(3)31)20(13(2)21(12)27)24(33)29-18-10-6-16(26)7-11-18/h4-11H,1-3H3,(H,28,32)(H,29,33)(H,30,31). The number of carbonyl (C=O) groups excluding carboxylic acids is 3. The number of halogens is 3. The van der Waals surface area contributed by atoms with Crippen LogP contribution in [0.3, 0.4) is 0 Å². The van der Waals surface area contributed by atoms with Crippen molar-refractivity contribution in [1.29, 1.82) is 0 Å². The van der Waals surface area contributed by atoms with Crippen molar-refractivity contribution in [3.63, 3.8) is 0 Å². The summed E-state index contributed by atoms with van der Waals surface area (Å²) < 4.78 is 1.70. The molecule has 0 aromatic heterocycles. The van der Waals surface area contributed by atoms with Crippen molar-refractivity contribution in [3.05, 3.63) is 84.8 Å². The first-order chi connectivity index (χ1) is 16.1. The number of anilines is 2. The van der Waals surface area contributed by atoms with E-state index in [2.05, 4.69) is 48.0 Å². The van der Waals surface area contributed by atoms with E-state index in [1.165, 1.54) is 6.92 Å². The number of hydroxylamine groups is 1. The third kappa shape index (κ3) is 5.97. The molecule has 0 heterocycles. The summed E-state index contributed by atoms with van der Waals surface area (Å²) in [7, 11) is 0. The molecule has 3 aromatic rings. The third-order valence-corrected chi connectivity index (χ3v) is 6.44. The van der Waals surface area contributed by atoms with Gasteiger partial charge in [-0.1, -0.05) is 43.5 Å². The maximum absolute atomic E-state index is 13.3. The SMILES string of the molecule is CC(=O)NOc1c(C(=O)Nc2ccc(Br)cc2)c(C)c(Cl)c(C)c1C(=O)Nc1ccc(Br)cc1. The highest BCUT2D eigenvalue weighted by Gasteiger charge is 2.29. The van der Waals surface area contributed by atoms with Crippen LogP contribution in [-0.4, -0.2) is 17.7 Å². The summed E-state index contributed by atoms with van der Waals surface area (Å²) in [6, 6.07) is 13.9. The molecule has 7 nitrogen and oxygen atoms in total. The molecule has 0 atom stereocenters. The highest BCUT2D eigenvalue weighted by Crippen LogP contribution is 2.37. The molecule has 0 spiro atoms. The zero-order chi connectivity index (χ0) is 25.0. The van der Waals surface area contributed by atoms with Gasteiger partial charge in [0, 0.05) is 32.3 Å². The smallest absolute Gasteiger partial charge is 0.259 e. The maximum Gasteiger partial charge on any atom is 0.259 e. The van der Waals surface area contributed by atoms with Gasteiger partial charge in [0.05, 0.1) is 11.1 Å². The molecule has 10 heteroatoms. The Morgan fingerprint density at radius 3 is 1.50 bits per heavy atom. The van der Waals surface area contributed by atoms with E-state index in [1.807, 2.05) is 0 Å². The van der Waals surface area contributed by atoms with Crippen molar-refractivity contribution in [2.45, 2.75) is 20.8 Å². The largest absolute Gasteiger partial charge is 0.378 e. The van der Waals surface area contributed by atoms with Gasteiger partial charge in [-0.25, -0.2) is 0 Å². The summed E-state index contributed by atoms with van der Waals surface area (Å²) in [5, 5.41) is 5.78. The summed E-state index contributed by atoms with van der Waals surface area (Å²) in [5.74, 6) is -1.73. The Bertz CT molecular complexity index is 1180. The van der Waals surface area contributed by atoms with Gasteiger partial charge in [0.15, 0.2) is 5.75 Å². The molecule has 0 unspecified atom stereocenters. The molecule has 3 rings (SSSR count). The summed E-state index contributed by atoms with van der Waals surface area (Å²) in [5.41, 5.74) is 4.10. The first kappa shape index (κ1) is 25.7. The van der Waals surface area contributed by atoms with Crippen molar-refractivity contribution in [2.75, 3.05) is 10.6 Å². The number of hydrogen-bond acceptors (Lipinski definition) is 4. The van der Waals surface area contributed by atoms with Gasteiger partial charge in [0.2, 0.25) is 5.91 Å². The first-order valence-electron chi connectivity index (χ1n) is 9.98. The fraction of sp³-hybridized carbons (Fsp3) is 0.125. The molecule has 3 aromatic carbocycles. The number of amides is 3. The summed E-state index contributed by atoms with van der Waals surface area (Å²) >= 11 is 13.2. The van der Waals surface area contributed by atoms with Gasteiger partial charge in [-0.05, 0) is 73.5 Å². The zero-order valence-corrected chi connectivity index (χ0v) is 22.3. The van der Waals surface area contributed by atoms with E-state index in [9.17, 15) is 14.4 Å². The molecule has 34 heavy (non-hydrogen) atoms. The molecule has 176 valence electrons. The van der Waals surface area contributed by atoms with Crippen molar-refractivity contribution in [1.82, 2.24) is 5.48 Å². The maximum atomic E-state index is 13.3. The quantitative estimate of drug-likeness (QED) is 0.281. The molecule has 0 fully saturated rings. The average Bonchev–Trinajstić information content (AvgIpc) is 2.79. The fourth-order valence-electron chi connectivity index (χ4n) is 3.19. The van der Waals surface area contributed by atoms with Gasteiger partial charge in [0.25, 0.3) is 11.8 Å². The molecule has 0 aliphatic rings. The van der Waals surface area contributed by atoms with Crippen LogP contribution < -0.4 is 21.0 Å². The summed E-state index contributed by atoms with van der Waals surface area (Å²) in [4.78, 5) is 43.7. The average molecular weight is 610 g/mol. The normalized spacial score (nSPS) is 10.4. The fourth-order valence-corrected chi connectivity index (χ4v) is 3.91. The van der Waals surface area contributed by atoms with Crippen molar-refractivity contribution in [3.8, 4) is 5.75 Å². The predicted octanol–water partition coefficient (Wildman–Crippen LogP) is 6.42. The van der Waals surface area contributed by atoms with Gasteiger partial charge >= 0.3 is 0 Å². The number of hydrogen-bond donors (Lipinski definition) is 3. The minimum absolute atomic E-state index is 0.0215. The van der Waals surface area contributed by atoms with Crippen LogP contribution in [0.15, 0.2) is 57.5 Å². The Morgan fingerprint density at radius 1 is 0.765 bits per heavy atom. The summed E-state index contributed by atoms with van der Waals surface area (Å²) in [6.45, 7) is 4.53. The minimum Gasteiger partial charge on any atom is -0.378 e. The van der Waals surface area contributed by atoms with Crippen LogP contribution in [0.25, 0.3) is 0 Å². The van der Waals surface area contributed by atoms with E-state index in [4.69, 9.17) is 16.4 Å². The molecule has 0 radical (unpaired) electrons. The lowest BCUT2D eigenvalue weighted by atomic mass is 9.96. The van der Waals surface area contributed by atoms with Crippen LogP contribution in [0, 0.1) is 13.8 Å². The molecule has 0 aliphatic carbocycles. The van der Waals surface area contributed by atoms with E-state index in [0.29, 0.717) is 22.5 Å². The lowest BCUT2D eigenvalue weighted by Crippen LogP contribution is -2.29. The molecular weight excluding hydrogens is 590 g/mol. The highest BCUT2D eigenvalue weighted by atomic mass is 79.9. The second-order valence-electron chi connectivity index (χ2n) is 7.33. The van der Waals surface area contributed by atoms with E-state index >= 15 is 0 Å². The monoisotopic (exact) mass is 607 g/mol. The van der Waals surface area contributed by atoms with E-state index in [1.54, 1.807) is 62.4 Å². The first-order valence-corrected chi connectivity index (χ1v) is 11.9. The lowest BCUT2D eigenvalue weighted by molar-refractivity contribution is -0.125. The second-order valence-corrected chi connectivity index (χ2v) is 9.53. The van der Waals surface area contributed by atoms with E-state index in [0.717, 1.165) is 8.95 Å². The molecule has 0 bridgehead atoms. The molecule has 3 amide bonds. The Hall–Kier alpha value is -2.88. The van der Waals surface area contributed by atoms with Crippen LogP contribution in [-0.2, 0) is 4.79 Å². The topological polar surface area (TPSA) is 96.5 Å². The minimum atomic E-state index is -0.556. The van der Waals surface area contributed by atoms with Crippen LogP contribution in [0.1, 0.15) is 38.8 Å². The number of benzene rings is 3. The van der Waals surface area contributed by atoms with Crippen LogP contribution in [0.2, 0.25) is 5.02 Å². The molecular formula is C24H20Br2ClN3O4. The molecule has 0 saturated heterocycles. The van der Waals surface area contributed by atoms with Gasteiger partial charge in [-0.15, -0.1) is 0 Å². The number of nitrogens with one attached hydrogen (secondary N) is 3. The third-order valence-electron chi connectivity index (χ3n) is 4.82. The van der Waals surface area contributed by atoms with Crippen LogP contribution >= 0.6 is 43.5 Å². The van der Waals surface area contributed by atoms with Gasteiger partial charge < -0.3 is 15.5 Å². The van der Waals surface area contributed by atoms with Crippen molar-refractivity contribution < 1.29 is 19.2 Å². The zero-order valence-electron chi connectivity index (χ0n) is 18.4. The van der Waals surface area contributed by atoms with Gasteiger partial charge in [-0.3, -0.25) is 14.4 Å². The Labute approximate surface area is 218 Å². The van der Waals surface area contributed by atoms with Gasteiger partial charge in [0.1, 0.15) is 0 Å². The number of carbonyl (C=O) groups is 3. The molecule has 0 aliphatic heterocycles. The van der Waals surface area contributed by atoms with Crippen molar-refractivity contribution in [2.24, 2.45) is 0 Å². The number of rotatable bonds is 6. The Balaban J connectivity index is 2.11. The lowest BCUT2D eigenvalue weighted by Gasteiger charge is -2.20.